The molecular weight excluding hydrogens is 236 g/mol. The molecule has 0 aliphatic rings. The molecule has 0 heterocycles. The summed E-state index contributed by atoms with van der Waals surface area (Å²) in [5.74, 6) is 0.150. The first-order chi connectivity index (χ1) is 8.81. The molecule has 1 aromatic carbocycles. The van der Waals surface area contributed by atoms with E-state index in [1.165, 1.54) is 5.56 Å². The van der Waals surface area contributed by atoms with Crippen LogP contribution in [0.25, 0.3) is 0 Å². The molecule has 1 rings (SSSR count). The summed E-state index contributed by atoms with van der Waals surface area (Å²) in [6.45, 7) is 10.6. The van der Waals surface area contributed by atoms with Gasteiger partial charge in [0, 0.05) is 0 Å². The van der Waals surface area contributed by atoms with Gasteiger partial charge in [0.15, 0.2) is 0 Å². The molecule has 0 saturated heterocycles. The van der Waals surface area contributed by atoms with Crippen molar-refractivity contribution in [2.75, 3.05) is 0 Å². The Labute approximate surface area is 117 Å². The van der Waals surface area contributed by atoms with Crippen LogP contribution >= 0.6 is 0 Å². The molecule has 0 aliphatic carbocycles. The van der Waals surface area contributed by atoms with Crippen molar-refractivity contribution in [1.29, 1.82) is 0 Å². The van der Waals surface area contributed by atoms with E-state index in [2.05, 4.69) is 20.8 Å². The van der Waals surface area contributed by atoms with E-state index >= 15 is 0 Å². The van der Waals surface area contributed by atoms with E-state index in [-0.39, 0.29) is 11.3 Å². The Hall–Kier alpha value is -0.860. The van der Waals surface area contributed by atoms with E-state index in [0.29, 0.717) is 0 Å². The van der Waals surface area contributed by atoms with Crippen LogP contribution in [0.15, 0.2) is 24.3 Å². The highest BCUT2D eigenvalue weighted by molar-refractivity contribution is 5.29. The van der Waals surface area contributed by atoms with Crippen LogP contribution < -0.4 is 0 Å². The molecule has 0 radical (unpaired) electrons. The smallest absolute Gasteiger partial charge is 0.105 e. The molecule has 0 aromatic heterocycles. The molecule has 0 fully saturated rings. The van der Waals surface area contributed by atoms with E-state index < -0.39 is 12.2 Å². The molecule has 108 valence electrons. The number of rotatable bonds is 5. The van der Waals surface area contributed by atoms with E-state index in [1.54, 1.807) is 0 Å². The van der Waals surface area contributed by atoms with Gasteiger partial charge < -0.3 is 10.2 Å². The highest BCUT2D eigenvalue weighted by Crippen LogP contribution is 2.28. The molecule has 2 N–H and O–H groups in total. The van der Waals surface area contributed by atoms with Crippen molar-refractivity contribution in [3.05, 3.63) is 35.4 Å². The van der Waals surface area contributed by atoms with Crippen molar-refractivity contribution in [3.8, 4) is 0 Å². The van der Waals surface area contributed by atoms with Crippen molar-refractivity contribution < 1.29 is 10.2 Å². The molecule has 0 spiro atoms. The third-order valence-corrected chi connectivity index (χ3v) is 3.97. The SMILES string of the molecule is CCC(CC)C(O)C(O)c1ccc(C(C)(C)C)cc1. The number of hydrogen-bond acceptors (Lipinski definition) is 2. The van der Waals surface area contributed by atoms with Crippen LogP contribution in [0.3, 0.4) is 0 Å². The first-order valence-corrected chi connectivity index (χ1v) is 7.27. The lowest BCUT2D eigenvalue weighted by atomic mass is 9.85. The Morgan fingerprint density at radius 2 is 1.42 bits per heavy atom. The van der Waals surface area contributed by atoms with Crippen LogP contribution in [0.4, 0.5) is 0 Å². The molecule has 0 bridgehead atoms. The van der Waals surface area contributed by atoms with Gasteiger partial charge in [0.05, 0.1) is 6.10 Å². The highest BCUT2D eigenvalue weighted by Gasteiger charge is 2.25. The first-order valence-electron chi connectivity index (χ1n) is 7.27. The van der Waals surface area contributed by atoms with Gasteiger partial charge in [-0.25, -0.2) is 0 Å². The second kappa shape index (κ2) is 6.53. The van der Waals surface area contributed by atoms with Crippen LogP contribution in [0, 0.1) is 5.92 Å². The van der Waals surface area contributed by atoms with Gasteiger partial charge in [0.2, 0.25) is 0 Å². The zero-order valence-electron chi connectivity index (χ0n) is 12.9. The normalized spacial score (nSPS) is 15.6. The van der Waals surface area contributed by atoms with Crippen LogP contribution in [0.5, 0.6) is 0 Å². The lowest BCUT2D eigenvalue weighted by molar-refractivity contribution is -0.0209. The number of aliphatic hydroxyl groups is 2. The second-order valence-electron chi connectivity index (χ2n) is 6.38. The Balaban J connectivity index is 2.86. The van der Waals surface area contributed by atoms with Gasteiger partial charge >= 0.3 is 0 Å². The largest absolute Gasteiger partial charge is 0.390 e. The summed E-state index contributed by atoms with van der Waals surface area (Å²) >= 11 is 0. The summed E-state index contributed by atoms with van der Waals surface area (Å²) in [4.78, 5) is 0. The standard InChI is InChI=1S/C17H28O2/c1-6-12(7-2)15(18)16(19)13-8-10-14(11-9-13)17(3,4)5/h8-12,15-16,18-19H,6-7H2,1-5H3. The van der Waals surface area contributed by atoms with Crippen molar-refractivity contribution in [3.63, 3.8) is 0 Å². The first kappa shape index (κ1) is 16.2. The number of aliphatic hydroxyl groups excluding tert-OH is 2. The van der Waals surface area contributed by atoms with E-state index in [4.69, 9.17) is 0 Å². The van der Waals surface area contributed by atoms with Crippen LogP contribution in [0.2, 0.25) is 0 Å². The molecule has 1 aromatic rings. The predicted octanol–water partition coefficient (Wildman–Crippen LogP) is 3.81. The lowest BCUT2D eigenvalue weighted by Crippen LogP contribution is -2.27. The Bertz CT molecular complexity index is 371. The average Bonchev–Trinajstić information content (AvgIpc) is 2.38. The zero-order chi connectivity index (χ0) is 14.6. The lowest BCUT2D eigenvalue weighted by Gasteiger charge is -2.26. The molecule has 2 nitrogen and oxygen atoms in total. The molecule has 2 unspecified atom stereocenters. The summed E-state index contributed by atoms with van der Waals surface area (Å²) in [7, 11) is 0. The average molecular weight is 264 g/mol. The number of benzene rings is 1. The van der Waals surface area contributed by atoms with E-state index in [1.807, 2.05) is 38.1 Å². The Morgan fingerprint density at radius 3 is 1.79 bits per heavy atom. The summed E-state index contributed by atoms with van der Waals surface area (Å²) in [6, 6.07) is 7.93. The predicted molar refractivity (Wildman–Crippen MR) is 80.2 cm³/mol. The van der Waals surface area contributed by atoms with Crippen molar-refractivity contribution in [1.82, 2.24) is 0 Å². The molecule has 19 heavy (non-hydrogen) atoms. The van der Waals surface area contributed by atoms with Crippen LogP contribution in [-0.2, 0) is 5.41 Å². The van der Waals surface area contributed by atoms with Gasteiger partial charge in [-0.15, -0.1) is 0 Å². The second-order valence-corrected chi connectivity index (χ2v) is 6.38. The fraction of sp³-hybridized carbons (Fsp3) is 0.647. The Morgan fingerprint density at radius 1 is 0.947 bits per heavy atom. The molecule has 0 amide bonds. The minimum Gasteiger partial charge on any atom is -0.390 e. The summed E-state index contributed by atoms with van der Waals surface area (Å²) in [5, 5.41) is 20.5. The maximum Gasteiger partial charge on any atom is 0.105 e. The fourth-order valence-electron chi connectivity index (χ4n) is 2.41. The third kappa shape index (κ3) is 4.05. The van der Waals surface area contributed by atoms with Gasteiger partial charge in [0.25, 0.3) is 0 Å². The van der Waals surface area contributed by atoms with Crippen LogP contribution in [0.1, 0.15) is 64.7 Å². The third-order valence-electron chi connectivity index (χ3n) is 3.97. The minimum atomic E-state index is -0.793. The topological polar surface area (TPSA) is 40.5 Å². The van der Waals surface area contributed by atoms with Crippen molar-refractivity contribution in [2.45, 2.75) is 65.1 Å². The maximum absolute atomic E-state index is 10.3. The quantitative estimate of drug-likeness (QED) is 0.849. The molecule has 2 atom stereocenters. The minimum absolute atomic E-state index is 0.109. The maximum atomic E-state index is 10.3. The molecule has 0 aliphatic heterocycles. The van der Waals surface area contributed by atoms with Crippen molar-refractivity contribution >= 4 is 0 Å². The van der Waals surface area contributed by atoms with Gasteiger partial charge in [0.1, 0.15) is 6.10 Å². The van der Waals surface area contributed by atoms with Gasteiger partial charge in [-0.3, -0.25) is 0 Å². The fourth-order valence-corrected chi connectivity index (χ4v) is 2.41. The molecule has 2 heteroatoms. The van der Waals surface area contributed by atoms with Gasteiger partial charge in [-0.1, -0.05) is 71.7 Å². The Kier molecular flexibility index (Phi) is 5.57. The summed E-state index contributed by atoms with van der Waals surface area (Å²) in [5.41, 5.74) is 2.14. The zero-order valence-corrected chi connectivity index (χ0v) is 12.9. The number of hydrogen-bond donors (Lipinski definition) is 2. The summed E-state index contributed by atoms with van der Waals surface area (Å²) in [6.07, 6.45) is 0.290. The van der Waals surface area contributed by atoms with E-state index in [9.17, 15) is 10.2 Å². The summed E-state index contributed by atoms with van der Waals surface area (Å²) < 4.78 is 0. The molecule has 0 saturated carbocycles. The highest BCUT2D eigenvalue weighted by atomic mass is 16.3. The van der Waals surface area contributed by atoms with Crippen LogP contribution in [-0.4, -0.2) is 16.3 Å². The monoisotopic (exact) mass is 264 g/mol. The van der Waals surface area contributed by atoms with Gasteiger partial charge in [-0.05, 0) is 22.5 Å². The van der Waals surface area contributed by atoms with E-state index in [0.717, 1.165) is 18.4 Å². The van der Waals surface area contributed by atoms with Gasteiger partial charge in [-0.2, -0.15) is 0 Å². The van der Waals surface area contributed by atoms with Crippen molar-refractivity contribution in [2.24, 2.45) is 5.92 Å². The molecular formula is C17H28O2.